The van der Waals surface area contributed by atoms with E-state index < -0.39 is 0 Å². The molecule has 1 N–H and O–H groups in total. The first-order chi connectivity index (χ1) is 13.6. The van der Waals surface area contributed by atoms with Gasteiger partial charge in [-0.15, -0.1) is 0 Å². The van der Waals surface area contributed by atoms with Crippen LogP contribution < -0.4 is 10.1 Å². The fraction of sp³-hybridized carbons (Fsp3) is 0.409. The van der Waals surface area contributed by atoms with E-state index in [1.165, 1.54) is 0 Å². The summed E-state index contributed by atoms with van der Waals surface area (Å²) in [6, 6.07) is 9.85. The molecule has 28 heavy (non-hydrogen) atoms. The number of hydrogen-bond acceptors (Lipinski definition) is 5. The minimum absolute atomic E-state index is 0.0863. The Labute approximate surface area is 165 Å². The highest BCUT2D eigenvalue weighted by molar-refractivity contribution is 5.80. The lowest BCUT2D eigenvalue weighted by Gasteiger charge is -2.09. The Balaban J connectivity index is 1.72. The number of aromatic nitrogens is 3. The number of Topliss-reactive ketones (excluding diaryl/α,β-unsaturated/α-hetero) is 1. The molecule has 0 saturated heterocycles. The Morgan fingerprint density at radius 3 is 2.93 bits per heavy atom. The molecule has 0 atom stereocenters. The Morgan fingerprint density at radius 2 is 2.14 bits per heavy atom. The van der Waals surface area contributed by atoms with Crippen LogP contribution in [0.4, 0.5) is 5.82 Å². The zero-order chi connectivity index (χ0) is 19.9. The number of anilines is 1. The number of ketones is 1. The van der Waals surface area contributed by atoms with E-state index in [9.17, 15) is 4.79 Å². The number of rotatable bonds is 10. The van der Waals surface area contributed by atoms with Gasteiger partial charge in [-0.2, -0.15) is 5.10 Å². The van der Waals surface area contributed by atoms with Gasteiger partial charge in [0.1, 0.15) is 17.4 Å². The van der Waals surface area contributed by atoms with E-state index in [2.05, 4.69) is 17.3 Å². The molecule has 0 aliphatic rings. The summed E-state index contributed by atoms with van der Waals surface area (Å²) in [6.07, 6.45) is 6.07. The number of fused-ring (bicyclic) bond motifs is 1. The minimum Gasteiger partial charge on any atom is -0.494 e. The highest BCUT2D eigenvalue weighted by Gasteiger charge is 2.10. The molecule has 3 rings (SSSR count). The Bertz CT molecular complexity index is 933. The Kier molecular flexibility index (Phi) is 6.63. The van der Waals surface area contributed by atoms with Gasteiger partial charge in [0.05, 0.1) is 12.8 Å². The lowest BCUT2D eigenvalue weighted by molar-refractivity contribution is -0.122. The topological polar surface area (TPSA) is 68.5 Å². The third-order valence-electron chi connectivity index (χ3n) is 4.55. The Hall–Kier alpha value is -2.89. The third kappa shape index (κ3) is 4.88. The van der Waals surface area contributed by atoms with Crippen LogP contribution in [0.2, 0.25) is 0 Å². The average molecular weight is 380 g/mol. The standard InChI is InChI=1S/C22H28N4O2/c1-4-11-23-21-10-12-26-22(25-21)19(15-24-26)17-7-5-8-18(14-17)28-13-6-9-20(27)16(2)3/h5,7-8,10,12,14-16H,4,6,9,11,13H2,1-3H3,(H,23,25). The lowest BCUT2D eigenvalue weighted by Crippen LogP contribution is -2.08. The van der Waals surface area contributed by atoms with E-state index in [1.54, 1.807) is 4.52 Å². The molecule has 2 heterocycles. The maximum absolute atomic E-state index is 11.7. The van der Waals surface area contributed by atoms with Crippen molar-refractivity contribution in [1.82, 2.24) is 14.6 Å². The van der Waals surface area contributed by atoms with Gasteiger partial charge in [0, 0.05) is 30.6 Å². The number of hydrogen-bond donors (Lipinski definition) is 1. The van der Waals surface area contributed by atoms with Crippen molar-refractivity contribution in [1.29, 1.82) is 0 Å². The predicted molar refractivity (Wildman–Crippen MR) is 112 cm³/mol. The third-order valence-corrected chi connectivity index (χ3v) is 4.55. The second-order valence-electron chi connectivity index (χ2n) is 7.17. The summed E-state index contributed by atoms with van der Waals surface area (Å²) >= 11 is 0. The van der Waals surface area contributed by atoms with Crippen molar-refractivity contribution in [3.8, 4) is 16.9 Å². The quantitative estimate of drug-likeness (QED) is 0.521. The van der Waals surface area contributed by atoms with E-state index in [-0.39, 0.29) is 11.7 Å². The summed E-state index contributed by atoms with van der Waals surface area (Å²) in [5.74, 6) is 2.00. The zero-order valence-electron chi connectivity index (χ0n) is 16.8. The molecule has 0 spiro atoms. The molecular formula is C22H28N4O2. The van der Waals surface area contributed by atoms with Crippen molar-refractivity contribution in [3.05, 3.63) is 42.7 Å². The molecule has 3 aromatic rings. The first kappa shape index (κ1) is 19.9. The van der Waals surface area contributed by atoms with Crippen LogP contribution in [0.25, 0.3) is 16.8 Å². The molecule has 0 radical (unpaired) electrons. The second kappa shape index (κ2) is 9.35. The van der Waals surface area contributed by atoms with Crippen LogP contribution in [-0.4, -0.2) is 33.5 Å². The van der Waals surface area contributed by atoms with Gasteiger partial charge in [-0.3, -0.25) is 4.79 Å². The molecule has 0 saturated carbocycles. The number of ether oxygens (including phenoxy) is 1. The molecule has 6 nitrogen and oxygen atoms in total. The zero-order valence-corrected chi connectivity index (χ0v) is 16.8. The number of carbonyl (C=O) groups is 1. The molecule has 6 heteroatoms. The maximum atomic E-state index is 11.7. The van der Waals surface area contributed by atoms with Gasteiger partial charge in [0.25, 0.3) is 0 Å². The maximum Gasteiger partial charge on any atom is 0.165 e. The Morgan fingerprint density at radius 1 is 1.29 bits per heavy atom. The van der Waals surface area contributed by atoms with Crippen LogP contribution in [0.3, 0.4) is 0 Å². The second-order valence-corrected chi connectivity index (χ2v) is 7.17. The van der Waals surface area contributed by atoms with Crippen molar-refractivity contribution < 1.29 is 9.53 Å². The molecule has 2 aromatic heterocycles. The van der Waals surface area contributed by atoms with Crippen LogP contribution in [-0.2, 0) is 4.79 Å². The molecule has 0 amide bonds. The number of benzene rings is 1. The minimum atomic E-state index is 0.0863. The van der Waals surface area contributed by atoms with Gasteiger partial charge >= 0.3 is 0 Å². The lowest BCUT2D eigenvalue weighted by atomic mass is 10.1. The fourth-order valence-corrected chi connectivity index (χ4v) is 2.90. The smallest absolute Gasteiger partial charge is 0.165 e. The molecule has 0 fully saturated rings. The van der Waals surface area contributed by atoms with Crippen LogP contribution in [0.1, 0.15) is 40.0 Å². The van der Waals surface area contributed by atoms with E-state index in [0.717, 1.165) is 47.7 Å². The van der Waals surface area contributed by atoms with Crippen molar-refractivity contribution in [3.63, 3.8) is 0 Å². The largest absolute Gasteiger partial charge is 0.494 e. The fourth-order valence-electron chi connectivity index (χ4n) is 2.90. The van der Waals surface area contributed by atoms with Gasteiger partial charge in [-0.1, -0.05) is 32.9 Å². The summed E-state index contributed by atoms with van der Waals surface area (Å²) < 4.78 is 7.63. The molecule has 0 unspecified atom stereocenters. The summed E-state index contributed by atoms with van der Waals surface area (Å²) in [5.41, 5.74) is 2.77. The highest BCUT2D eigenvalue weighted by atomic mass is 16.5. The van der Waals surface area contributed by atoms with Crippen molar-refractivity contribution >= 4 is 17.2 Å². The van der Waals surface area contributed by atoms with E-state index in [1.807, 2.05) is 56.6 Å². The normalized spacial score (nSPS) is 11.1. The van der Waals surface area contributed by atoms with Crippen molar-refractivity contribution in [2.45, 2.75) is 40.0 Å². The number of nitrogens with one attached hydrogen (secondary N) is 1. The predicted octanol–water partition coefficient (Wildman–Crippen LogP) is 4.60. The molecule has 148 valence electrons. The SMILES string of the molecule is CCCNc1ccn2ncc(-c3cccc(OCCCC(=O)C(C)C)c3)c2n1. The summed E-state index contributed by atoms with van der Waals surface area (Å²) in [6.45, 7) is 7.40. The van der Waals surface area contributed by atoms with Crippen molar-refractivity contribution in [2.75, 3.05) is 18.5 Å². The molecule has 0 aliphatic carbocycles. The average Bonchev–Trinajstić information content (AvgIpc) is 3.13. The van der Waals surface area contributed by atoms with Gasteiger partial charge in [-0.25, -0.2) is 9.50 Å². The summed E-state index contributed by atoms with van der Waals surface area (Å²) in [4.78, 5) is 16.4. The highest BCUT2D eigenvalue weighted by Crippen LogP contribution is 2.27. The number of carbonyl (C=O) groups excluding carboxylic acids is 1. The van der Waals surface area contributed by atoms with Gasteiger partial charge in [0.2, 0.25) is 0 Å². The van der Waals surface area contributed by atoms with Crippen molar-refractivity contribution in [2.24, 2.45) is 5.92 Å². The molecule has 0 bridgehead atoms. The summed E-state index contributed by atoms with van der Waals surface area (Å²) in [5, 5.41) is 7.72. The van der Waals surface area contributed by atoms with Crippen LogP contribution in [0.15, 0.2) is 42.7 Å². The first-order valence-electron chi connectivity index (χ1n) is 9.92. The molecule has 0 aliphatic heterocycles. The first-order valence-corrected chi connectivity index (χ1v) is 9.92. The molecular weight excluding hydrogens is 352 g/mol. The summed E-state index contributed by atoms with van der Waals surface area (Å²) in [7, 11) is 0. The van der Waals surface area contributed by atoms with Crippen LogP contribution in [0, 0.1) is 5.92 Å². The van der Waals surface area contributed by atoms with E-state index >= 15 is 0 Å². The van der Waals surface area contributed by atoms with E-state index in [4.69, 9.17) is 9.72 Å². The van der Waals surface area contributed by atoms with Gasteiger partial charge in [0.15, 0.2) is 5.65 Å². The van der Waals surface area contributed by atoms with Gasteiger partial charge < -0.3 is 10.1 Å². The number of nitrogens with zero attached hydrogens (tertiary/aromatic N) is 3. The molecule has 1 aromatic carbocycles. The van der Waals surface area contributed by atoms with Crippen LogP contribution >= 0.6 is 0 Å². The van der Waals surface area contributed by atoms with E-state index in [0.29, 0.717) is 13.0 Å². The van der Waals surface area contributed by atoms with Gasteiger partial charge in [-0.05, 0) is 36.6 Å². The monoisotopic (exact) mass is 380 g/mol. The van der Waals surface area contributed by atoms with Crippen LogP contribution in [0.5, 0.6) is 5.75 Å².